The van der Waals surface area contributed by atoms with E-state index in [1.165, 1.54) is 12.8 Å². The Morgan fingerprint density at radius 2 is 2.15 bits per heavy atom. The van der Waals surface area contributed by atoms with Crippen LogP contribution in [0.1, 0.15) is 33.1 Å². The van der Waals surface area contributed by atoms with Gasteiger partial charge in [-0.3, -0.25) is 0 Å². The van der Waals surface area contributed by atoms with Gasteiger partial charge in [-0.25, -0.2) is 0 Å². The number of hydrogen-bond donors (Lipinski definition) is 2. The van der Waals surface area contributed by atoms with Crippen molar-refractivity contribution in [3.8, 4) is 0 Å². The summed E-state index contributed by atoms with van der Waals surface area (Å²) in [7, 11) is 0. The highest BCUT2D eigenvalue weighted by atomic mass is 32.2. The average Bonchev–Trinajstić information content (AvgIpc) is 2.11. The lowest BCUT2D eigenvalue weighted by Crippen LogP contribution is -2.27. The lowest BCUT2D eigenvalue weighted by Gasteiger charge is -2.11. The first-order valence-electron chi connectivity index (χ1n) is 5.23. The molecular weight excluding hydrogens is 182 g/mol. The number of hydrogen-bond acceptors (Lipinski definition) is 3. The van der Waals surface area contributed by atoms with Crippen molar-refractivity contribution in [2.45, 2.75) is 39.2 Å². The Hall–Kier alpha value is 0.270. The minimum atomic E-state index is 0.326. The van der Waals surface area contributed by atoms with Crippen molar-refractivity contribution in [3.05, 3.63) is 0 Å². The van der Waals surface area contributed by atoms with Gasteiger partial charge >= 0.3 is 0 Å². The van der Waals surface area contributed by atoms with Crippen molar-refractivity contribution in [3.63, 3.8) is 0 Å². The predicted molar refractivity (Wildman–Crippen MR) is 61.4 cm³/mol. The van der Waals surface area contributed by atoms with Crippen LogP contribution in [-0.2, 0) is 0 Å². The van der Waals surface area contributed by atoms with E-state index in [1.807, 2.05) is 11.8 Å². The van der Waals surface area contributed by atoms with Crippen LogP contribution < -0.4 is 5.32 Å². The summed E-state index contributed by atoms with van der Waals surface area (Å²) in [5, 5.41) is 12.0. The van der Waals surface area contributed by atoms with Gasteiger partial charge < -0.3 is 10.4 Å². The molecule has 0 aromatic heterocycles. The maximum absolute atomic E-state index is 8.55. The van der Waals surface area contributed by atoms with Crippen LogP contribution in [0.25, 0.3) is 0 Å². The molecule has 2 N–H and O–H groups in total. The van der Waals surface area contributed by atoms with Gasteiger partial charge in [-0.2, -0.15) is 11.8 Å². The fourth-order valence-corrected chi connectivity index (χ4v) is 1.98. The van der Waals surface area contributed by atoms with Gasteiger partial charge in [0, 0.05) is 24.9 Å². The van der Waals surface area contributed by atoms with Crippen molar-refractivity contribution >= 4 is 11.8 Å². The van der Waals surface area contributed by atoms with Crippen LogP contribution in [0, 0.1) is 0 Å². The summed E-state index contributed by atoms with van der Waals surface area (Å²) in [5.74, 6) is 2.24. The van der Waals surface area contributed by atoms with Crippen LogP contribution in [0.2, 0.25) is 0 Å². The molecule has 0 heterocycles. The summed E-state index contributed by atoms with van der Waals surface area (Å²) >= 11 is 1.92. The van der Waals surface area contributed by atoms with Crippen molar-refractivity contribution in [1.29, 1.82) is 0 Å². The molecule has 0 amide bonds. The normalized spacial score (nSPS) is 13.2. The Morgan fingerprint density at radius 3 is 2.77 bits per heavy atom. The second kappa shape index (κ2) is 10.4. The predicted octanol–water partition coefficient (Wildman–Crippen LogP) is 1.88. The zero-order valence-electron chi connectivity index (χ0n) is 8.88. The molecule has 0 aromatic rings. The average molecular weight is 205 g/mol. The number of nitrogens with one attached hydrogen (secondary N) is 1. The molecule has 1 atom stereocenters. The lowest BCUT2D eigenvalue weighted by molar-refractivity contribution is 0.296. The molecule has 0 radical (unpaired) electrons. The zero-order chi connectivity index (χ0) is 9.94. The van der Waals surface area contributed by atoms with E-state index in [1.54, 1.807) is 0 Å². The van der Waals surface area contributed by atoms with Crippen LogP contribution in [0.4, 0.5) is 0 Å². The van der Waals surface area contributed by atoms with Crippen LogP contribution in [0.3, 0.4) is 0 Å². The molecule has 0 saturated carbocycles. The summed E-state index contributed by atoms with van der Waals surface area (Å²) in [4.78, 5) is 0. The minimum absolute atomic E-state index is 0.326. The summed E-state index contributed by atoms with van der Waals surface area (Å²) in [6.07, 6.45) is 3.45. The maximum Gasteiger partial charge on any atom is 0.0438 e. The van der Waals surface area contributed by atoms with Crippen molar-refractivity contribution in [1.82, 2.24) is 5.32 Å². The van der Waals surface area contributed by atoms with Gasteiger partial charge in [0.05, 0.1) is 0 Å². The summed E-state index contributed by atoms with van der Waals surface area (Å²) < 4.78 is 0. The molecule has 0 saturated heterocycles. The van der Waals surface area contributed by atoms with E-state index < -0.39 is 0 Å². The van der Waals surface area contributed by atoms with Crippen LogP contribution in [0.5, 0.6) is 0 Å². The van der Waals surface area contributed by atoms with Gasteiger partial charge in [-0.1, -0.05) is 13.3 Å². The highest BCUT2D eigenvalue weighted by Crippen LogP contribution is 2.01. The number of thioether (sulfide) groups is 1. The molecule has 0 bridgehead atoms. The van der Waals surface area contributed by atoms with E-state index in [9.17, 15) is 0 Å². The SMILES string of the molecule is CCCC(C)NCCSCCCO. The molecule has 1 unspecified atom stereocenters. The maximum atomic E-state index is 8.55. The first-order chi connectivity index (χ1) is 6.31. The molecule has 0 aromatic carbocycles. The standard InChI is InChI=1S/C10H23NOS/c1-3-5-10(2)11-6-9-13-8-4-7-12/h10-12H,3-9H2,1-2H3. The molecule has 13 heavy (non-hydrogen) atoms. The topological polar surface area (TPSA) is 32.3 Å². The van der Waals surface area contributed by atoms with Crippen molar-refractivity contribution in [2.24, 2.45) is 0 Å². The van der Waals surface area contributed by atoms with Crippen LogP contribution >= 0.6 is 11.8 Å². The molecule has 0 aliphatic carbocycles. The molecule has 0 rings (SSSR count). The van der Waals surface area contributed by atoms with Gasteiger partial charge in [0.25, 0.3) is 0 Å². The first kappa shape index (κ1) is 13.3. The lowest BCUT2D eigenvalue weighted by atomic mass is 10.2. The van der Waals surface area contributed by atoms with E-state index in [-0.39, 0.29) is 0 Å². The first-order valence-corrected chi connectivity index (χ1v) is 6.38. The summed E-state index contributed by atoms with van der Waals surface area (Å²) in [6, 6.07) is 0.656. The number of rotatable bonds is 9. The highest BCUT2D eigenvalue weighted by Gasteiger charge is 1.97. The third kappa shape index (κ3) is 10.2. The smallest absolute Gasteiger partial charge is 0.0438 e. The van der Waals surface area contributed by atoms with Gasteiger partial charge in [0.1, 0.15) is 0 Å². The molecule has 0 spiro atoms. The van der Waals surface area contributed by atoms with E-state index in [2.05, 4.69) is 19.2 Å². The fourth-order valence-electron chi connectivity index (χ4n) is 1.18. The van der Waals surface area contributed by atoms with Crippen molar-refractivity contribution in [2.75, 3.05) is 24.7 Å². The Kier molecular flexibility index (Phi) is 10.6. The van der Waals surface area contributed by atoms with Crippen molar-refractivity contribution < 1.29 is 5.11 Å². The second-order valence-electron chi connectivity index (χ2n) is 3.33. The van der Waals surface area contributed by atoms with Crippen LogP contribution in [0.15, 0.2) is 0 Å². The second-order valence-corrected chi connectivity index (χ2v) is 4.56. The monoisotopic (exact) mass is 205 g/mol. The van der Waals surface area contributed by atoms with E-state index >= 15 is 0 Å². The molecule has 2 nitrogen and oxygen atoms in total. The van der Waals surface area contributed by atoms with Gasteiger partial charge in [0.15, 0.2) is 0 Å². The molecular formula is C10H23NOS. The quantitative estimate of drug-likeness (QED) is 0.564. The van der Waals surface area contributed by atoms with Gasteiger partial charge in [-0.05, 0) is 25.5 Å². The molecule has 0 fully saturated rings. The summed E-state index contributed by atoms with van der Waals surface area (Å²) in [5.41, 5.74) is 0. The molecule has 80 valence electrons. The summed E-state index contributed by atoms with van der Waals surface area (Å²) in [6.45, 7) is 5.87. The molecule has 3 heteroatoms. The van der Waals surface area contributed by atoms with E-state index in [0.717, 1.165) is 24.5 Å². The highest BCUT2D eigenvalue weighted by molar-refractivity contribution is 7.99. The van der Waals surface area contributed by atoms with Crippen LogP contribution in [-0.4, -0.2) is 35.8 Å². The number of aliphatic hydroxyl groups excluding tert-OH is 1. The third-order valence-electron chi connectivity index (χ3n) is 1.91. The Labute approximate surface area is 86.5 Å². The van der Waals surface area contributed by atoms with E-state index in [0.29, 0.717) is 12.6 Å². The Bertz CT molecular complexity index is 101. The number of aliphatic hydroxyl groups is 1. The zero-order valence-corrected chi connectivity index (χ0v) is 9.70. The molecule has 0 aliphatic heterocycles. The Balaban J connectivity index is 2.97. The molecule has 0 aliphatic rings. The van der Waals surface area contributed by atoms with Gasteiger partial charge in [0.2, 0.25) is 0 Å². The van der Waals surface area contributed by atoms with Gasteiger partial charge in [-0.15, -0.1) is 0 Å². The fraction of sp³-hybridized carbons (Fsp3) is 1.00. The largest absolute Gasteiger partial charge is 0.396 e. The Morgan fingerprint density at radius 1 is 1.38 bits per heavy atom. The third-order valence-corrected chi connectivity index (χ3v) is 2.98. The minimum Gasteiger partial charge on any atom is -0.396 e. The van der Waals surface area contributed by atoms with E-state index in [4.69, 9.17) is 5.11 Å².